The second-order valence-electron chi connectivity index (χ2n) is 7.07. The molecule has 0 saturated carbocycles. The van der Waals surface area contributed by atoms with Crippen molar-refractivity contribution < 1.29 is 9.47 Å². The lowest BCUT2D eigenvalue weighted by atomic mass is 9.87. The fourth-order valence-electron chi connectivity index (χ4n) is 2.70. The van der Waals surface area contributed by atoms with Gasteiger partial charge < -0.3 is 14.4 Å². The van der Waals surface area contributed by atoms with Crippen molar-refractivity contribution in [3.05, 3.63) is 66.5 Å². The Morgan fingerprint density at radius 1 is 1.36 bits per heavy atom. The minimum atomic E-state index is -0.0101. The maximum absolute atomic E-state index is 5.95. The predicted octanol–water partition coefficient (Wildman–Crippen LogP) is 4.31. The molecule has 1 aromatic rings. The lowest BCUT2D eigenvalue weighted by Crippen LogP contribution is -2.25. The third kappa shape index (κ3) is 4.83. The van der Waals surface area contributed by atoms with E-state index in [4.69, 9.17) is 9.47 Å². The summed E-state index contributed by atoms with van der Waals surface area (Å²) in [5.41, 5.74) is 2.94. The molecule has 1 unspecified atom stereocenters. The van der Waals surface area contributed by atoms with Crippen molar-refractivity contribution in [3.8, 4) is 5.75 Å². The Morgan fingerprint density at radius 2 is 2.12 bits per heavy atom. The SMILES string of the molecule is C=C/C(N=C)=C(\C=C)N1COC(COc2cccc(C(C)(C)C)c2)C1. The van der Waals surface area contributed by atoms with Crippen LogP contribution < -0.4 is 4.74 Å². The third-order valence-electron chi connectivity index (χ3n) is 4.19. The Kier molecular flexibility index (Phi) is 6.21. The van der Waals surface area contributed by atoms with Gasteiger partial charge in [-0.1, -0.05) is 46.1 Å². The monoisotopic (exact) mass is 340 g/mol. The maximum atomic E-state index is 5.95. The lowest BCUT2D eigenvalue weighted by molar-refractivity contribution is 0.0630. The van der Waals surface area contributed by atoms with Gasteiger partial charge in [-0.05, 0) is 42.0 Å². The highest BCUT2D eigenvalue weighted by atomic mass is 16.5. The summed E-state index contributed by atoms with van der Waals surface area (Å²) in [5, 5.41) is 0. The number of ether oxygens (including phenoxy) is 2. The molecule has 134 valence electrons. The Hall–Kier alpha value is -2.33. The molecule has 1 aromatic carbocycles. The number of rotatable bonds is 7. The van der Waals surface area contributed by atoms with Gasteiger partial charge in [0, 0.05) is 6.54 Å². The predicted molar refractivity (Wildman–Crippen MR) is 104 cm³/mol. The summed E-state index contributed by atoms with van der Waals surface area (Å²) in [6.45, 7) is 19.5. The fourth-order valence-corrected chi connectivity index (χ4v) is 2.70. The number of benzene rings is 1. The van der Waals surface area contributed by atoms with Crippen LogP contribution in [0.5, 0.6) is 5.75 Å². The topological polar surface area (TPSA) is 34.1 Å². The normalized spacial score (nSPS) is 18.5. The van der Waals surface area contributed by atoms with Gasteiger partial charge in [0.25, 0.3) is 0 Å². The zero-order valence-electron chi connectivity index (χ0n) is 15.5. The molecule has 2 rings (SSSR count). The van der Waals surface area contributed by atoms with E-state index in [9.17, 15) is 0 Å². The molecule has 0 aliphatic carbocycles. The lowest BCUT2D eigenvalue weighted by Gasteiger charge is -2.20. The summed E-state index contributed by atoms with van der Waals surface area (Å²) in [6.07, 6.45) is 3.42. The molecule has 25 heavy (non-hydrogen) atoms. The van der Waals surface area contributed by atoms with Crippen LogP contribution in [0.25, 0.3) is 0 Å². The van der Waals surface area contributed by atoms with Gasteiger partial charge in [0.2, 0.25) is 0 Å². The van der Waals surface area contributed by atoms with Gasteiger partial charge in [-0.25, -0.2) is 0 Å². The van der Waals surface area contributed by atoms with Gasteiger partial charge in [-0.15, -0.1) is 0 Å². The molecule has 1 saturated heterocycles. The summed E-state index contributed by atoms with van der Waals surface area (Å²) < 4.78 is 11.8. The largest absolute Gasteiger partial charge is 0.491 e. The molecule has 1 fully saturated rings. The summed E-state index contributed by atoms with van der Waals surface area (Å²) >= 11 is 0. The minimum absolute atomic E-state index is 0.0101. The second kappa shape index (κ2) is 8.17. The summed E-state index contributed by atoms with van der Waals surface area (Å²) in [7, 11) is 0. The molecule has 0 amide bonds. The second-order valence-corrected chi connectivity index (χ2v) is 7.07. The molecule has 0 aromatic heterocycles. The molecule has 0 radical (unpaired) electrons. The zero-order valence-corrected chi connectivity index (χ0v) is 15.5. The standard InChI is InChI=1S/C21H28N2O2/c1-7-19(22-6)20(8-2)23-13-18(25-15-23)14-24-17-11-9-10-16(12-17)21(3,4)5/h7-12,18H,1-2,6,13-15H2,3-5H3/b20-19-. The quantitative estimate of drug-likeness (QED) is 0.548. The average molecular weight is 340 g/mol. The van der Waals surface area contributed by atoms with Crippen LogP contribution in [-0.2, 0) is 10.2 Å². The Labute approximate surface area is 151 Å². The molecule has 1 aliphatic heterocycles. The van der Waals surface area contributed by atoms with Crippen molar-refractivity contribution in [3.63, 3.8) is 0 Å². The molecular formula is C21H28N2O2. The van der Waals surface area contributed by atoms with Gasteiger partial charge >= 0.3 is 0 Å². The average Bonchev–Trinajstić information content (AvgIpc) is 3.05. The number of nitrogens with zero attached hydrogens (tertiary/aromatic N) is 2. The number of hydrogen-bond donors (Lipinski definition) is 0. The van der Waals surface area contributed by atoms with Crippen LogP contribution >= 0.6 is 0 Å². The molecule has 0 N–H and O–H groups in total. The van der Waals surface area contributed by atoms with E-state index >= 15 is 0 Å². The Balaban J connectivity index is 1.98. The molecule has 4 heteroatoms. The van der Waals surface area contributed by atoms with Crippen molar-refractivity contribution in [1.82, 2.24) is 4.90 Å². The molecule has 1 aliphatic rings. The highest BCUT2D eigenvalue weighted by Crippen LogP contribution is 2.26. The van der Waals surface area contributed by atoms with Crippen molar-refractivity contribution in [2.24, 2.45) is 4.99 Å². The summed E-state index contributed by atoms with van der Waals surface area (Å²) in [6, 6.07) is 8.23. The van der Waals surface area contributed by atoms with Gasteiger partial charge in [0.1, 0.15) is 25.2 Å². The van der Waals surface area contributed by atoms with E-state index in [2.05, 4.69) is 62.7 Å². The van der Waals surface area contributed by atoms with Gasteiger partial charge in [-0.3, -0.25) is 4.99 Å². The van der Waals surface area contributed by atoms with Crippen LogP contribution in [0.4, 0.5) is 0 Å². The molecule has 1 atom stereocenters. The van der Waals surface area contributed by atoms with E-state index in [1.807, 2.05) is 12.1 Å². The fraction of sp³-hybridized carbons (Fsp3) is 0.381. The summed E-state index contributed by atoms with van der Waals surface area (Å²) in [4.78, 5) is 6.05. The van der Waals surface area contributed by atoms with E-state index in [-0.39, 0.29) is 11.5 Å². The van der Waals surface area contributed by atoms with Crippen molar-refractivity contribution in [1.29, 1.82) is 0 Å². The minimum Gasteiger partial charge on any atom is -0.491 e. The van der Waals surface area contributed by atoms with Crippen molar-refractivity contribution >= 4 is 6.72 Å². The smallest absolute Gasteiger partial charge is 0.119 e. The first-order valence-corrected chi connectivity index (χ1v) is 8.44. The first kappa shape index (κ1) is 19.0. The highest BCUT2D eigenvalue weighted by Gasteiger charge is 2.25. The van der Waals surface area contributed by atoms with E-state index in [0.29, 0.717) is 25.6 Å². The maximum Gasteiger partial charge on any atom is 0.119 e. The van der Waals surface area contributed by atoms with Crippen LogP contribution in [0.1, 0.15) is 26.3 Å². The number of hydrogen-bond acceptors (Lipinski definition) is 4. The van der Waals surface area contributed by atoms with Crippen molar-refractivity contribution in [2.75, 3.05) is 19.9 Å². The van der Waals surface area contributed by atoms with Crippen molar-refractivity contribution in [2.45, 2.75) is 32.3 Å². The van der Waals surface area contributed by atoms with Crippen LogP contribution in [0.15, 0.2) is 66.0 Å². The Morgan fingerprint density at radius 3 is 2.72 bits per heavy atom. The molecule has 4 nitrogen and oxygen atoms in total. The van der Waals surface area contributed by atoms with Gasteiger partial charge in [0.05, 0.1) is 11.4 Å². The van der Waals surface area contributed by atoms with E-state index in [1.165, 1.54) is 5.56 Å². The number of allylic oxidation sites excluding steroid dienone is 2. The van der Waals surface area contributed by atoms with Crippen LogP contribution in [0.2, 0.25) is 0 Å². The third-order valence-corrected chi connectivity index (χ3v) is 4.19. The van der Waals surface area contributed by atoms with Crippen LogP contribution in [0.3, 0.4) is 0 Å². The van der Waals surface area contributed by atoms with E-state index in [0.717, 1.165) is 11.4 Å². The zero-order chi connectivity index (χ0) is 18.4. The number of aliphatic imine (C=N–C) groups is 1. The van der Waals surface area contributed by atoms with Gasteiger partial charge in [-0.2, -0.15) is 0 Å². The van der Waals surface area contributed by atoms with E-state index in [1.54, 1.807) is 12.2 Å². The molecule has 1 heterocycles. The van der Waals surface area contributed by atoms with Gasteiger partial charge in [0.15, 0.2) is 0 Å². The van der Waals surface area contributed by atoms with Crippen LogP contribution in [-0.4, -0.2) is 37.6 Å². The highest BCUT2D eigenvalue weighted by molar-refractivity contribution is 5.38. The summed E-state index contributed by atoms with van der Waals surface area (Å²) in [5.74, 6) is 0.869. The Bertz CT molecular complexity index is 661. The first-order valence-electron chi connectivity index (χ1n) is 8.44. The van der Waals surface area contributed by atoms with Crippen LogP contribution in [0, 0.1) is 0 Å². The molecular weight excluding hydrogens is 312 g/mol. The molecule has 0 spiro atoms. The first-order chi connectivity index (χ1) is 11.9. The molecule has 0 bridgehead atoms. The van der Waals surface area contributed by atoms with E-state index < -0.39 is 0 Å².